The Labute approximate surface area is 104 Å². The first kappa shape index (κ1) is 12.5. The Morgan fingerprint density at radius 3 is 2.82 bits per heavy atom. The summed E-state index contributed by atoms with van der Waals surface area (Å²) in [5.74, 6) is 0.952. The van der Waals surface area contributed by atoms with Crippen molar-refractivity contribution in [3.63, 3.8) is 0 Å². The lowest BCUT2D eigenvalue weighted by Crippen LogP contribution is -2.22. The highest BCUT2D eigenvalue weighted by Gasteiger charge is 2.18. The third-order valence-electron chi connectivity index (χ3n) is 3.73. The van der Waals surface area contributed by atoms with Crippen molar-refractivity contribution < 1.29 is 0 Å². The van der Waals surface area contributed by atoms with Crippen molar-refractivity contribution in [2.24, 2.45) is 5.92 Å². The molecule has 2 rings (SSSR count). The zero-order chi connectivity index (χ0) is 11.9. The normalized spacial score (nSPS) is 18.4. The lowest BCUT2D eigenvalue weighted by Gasteiger charge is -2.18. The molecule has 1 unspecified atom stereocenters. The van der Waals surface area contributed by atoms with Crippen molar-refractivity contribution in [1.29, 1.82) is 0 Å². The number of hydrogen-bond donors (Lipinski definition) is 1. The Hall–Kier alpha value is -0.960. The van der Waals surface area contributed by atoms with E-state index in [9.17, 15) is 0 Å². The van der Waals surface area contributed by atoms with Gasteiger partial charge in [-0.3, -0.25) is 9.97 Å². The minimum absolute atomic E-state index is 0.384. The molecule has 0 aliphatic heterocycles. The van der Waals surface area contributed by atoms with Crippen LogP contribution in [-0.2, 0) is 0 Å². The first-order chi connectivity index (χ1) is 8.40. The van der Waals surface area contributed by atoms with Gasteiger partial charge in [0.2, 0.25) is 0 Å². The highest BCUT2D eigenvalue weighted by molar-refractivity contribution is 5.02. The SMILES string of the molecule is CCNC(CCC1CCCC1)c1cnccn1. The summed E-state index contributed by atoms with van der Waals surface area (Å²) in [6.07, 6.45) is 13.7. The van der Waals surface area contributed by atoms with E-state index < -0.39 is 0 Å². The number of rotatable bonds is 6. The topological polar surface area (TPSA) is 37.8 Å². The van der Waals surface area contributed by atoms with Gasteiger partial charge >= 0.3 is 0 Å². The Morgan fingerprint density at radius 1 is 1.35 bits per heavy atom. The maximum Gasteiger partial charge on any atom is 0.0756 e. The number of hydrogen-bond acceptors (Lipinski definition) is 3. The van der Waals surface area contributed by atoms with E-state index >= 15 is 0 Å². The van der Waals surface area contributed by atoms with E-state index in [0.29, 0.717) is 6.04 Å². The molecular weight excluding hydrogens is 210 g/mol. The average molecular weight is 233 g/mol. The molecule has 1 aromatic heterocycles. The molecule has 0 amide bonds. The summed E-state index contributed by atoms with van der Waals surface area (Å²) in [5.41, 5.74) is 1.09. The Kier molecular flexibility index (Phi) is 4.92. The fourth-order valence-electron chi connectivity index (χ4n) is 2.79. The van der Waals surface area contributed by atoms with Gasteiger partial charge in [0.25, 0.3) is 0 Å². The lowest BCUT2D eigenvalue weighted by atomic mass is 9.97. The first-order valence-corrected chi connectivity index (χ1v) is 6.89. The van der Waals surface area contributed by atoms with Crippen LogP contribution in [0.1, 0.15) is 57.2 Å². The highest BCUT2D eigenvalue weighted by Crippen LogP contribution is 2.30. The van der Waals surface area contributed by atoms with Gasteiger partial charge in [0, 0.05) is 18.6 Å². The molecular formula is C14H23N3. The number of aromatic nitrogens is 2. The Bertz CT molecular complexity index is 307. The molecule has 0 aromatic carbocycles. The van der Waals surface area contributed by atoms with Gasteiger partial charge in [-0.1, -0.05) is 32.6 Å². The van der Waals surface area contributed by atoms with Crippen LogP contribution in [0.15, 0.2) is 18.6 Å². The molecule has 0 spiro atoms. The van der Waals surface area contributed by atoms with Crippen molar-refractivity contribution in [2.75, 3.05) is 6.54 Å². The van der Waals surface area contributed by atoms with Gasteiger partial charge in [-0.2, -0.15) is 0 Å². The van der Waals surface area contributed by atoms with Crippen LogP contribution in [0.5, 0.6) is 0 Å². The summed E-state index contributed by atoms with van der Waals surface area (Å²) in [4.78, 5) is 8.58. The van der Waals surface area contributed by atoms with Crippen LogP contribution in [0.4, 0.5) is 0 Å². The minimum Gasteiger partial charge on any atom is -0.309 e. The molecule has 0 radical (unpaired) electrons. The highest BCUT2D eigenvalue weighted by atomic mass is 14.9. The molecule has 1 aromatic rings. The van der Waals surface area contributed by atoms with E-state index in [2.05, 4.69) is 22.2 Å². The van der Waals surface area contributed by atoms with Crippen molar-refractivity contribution in [1.82, 2.24) is 15.3 Å². The van der Waals surface area contributed by atoms with Gasteiger partial charge in [-0.05, 0) is 25.3 Å². The molecule has 1 aliphatic rings. The predicted octanol–water partition coefficient (Wildman–Crippen LogP) is 3.10. The van der Waals surface area contributed by atoms with Crippen LogP contribution in [0.2, 0.25) is 0 Å². The molecule has 1 fully saturated rings. The summed E-state index contributed by atoms with van der Waals surface area (Å²) in [6, 6.07) is 0.384. The summed E-state index contributed by atoms with van der Waals surface area (Å²) >= 11 is 0. The fraction of sp³-hybridized carbons (Fsp3) is 0.714. The van der Waals surface area contributed by atoms with E-state index in [1.807, 2.05) is 6.20 Å². The molecule has 17 heavy (non-hydrogen) atoms. The molecule has 1 aliphatic carbocycles. The second-order valence-electron chi connectivity index (χ2n) is 4.97. The molecule has 1 N–H and O–H groups in total. The quantitative estimate of drug-likeness (QED) is 0.820. The predicted molar refractivity (Wildman–Crippen MR) is 69.6 cm³/mol. The maximum absolute atomic E-state index is 4.42. The Morgan fingerprint density at radius 2 is 2.18 bits per heavy atom. The van der Waals surface area contributed by atoms with Crippen molar-refractivity contribution in [2.45, 2.75) is 51.5 Å². The third-order valence-corrected chi connectivity index (χ3v) is 3.73. The van der Waals surface area contributed by atoms with Gasteiger partial charge in [-0.15, -0.1) is 0 Å². The summed E-state index contributed by atoms with van der Waals surface area (Å²) in [5, 5.41) is 3.52. The van der Waals surface area contributed by atoms with E-state index in [0.717, 1.165) is 18.2 Å². The first-order valence-electron chi connectivity index (χ1n) is 6.89. The standard InChI is InChI=1S/C14H23N3/c1-2-16-13(14-11-15-9-10-17-14)8-7-12-5-3-4-6-12/h9-13,16H,2-8H2,1H3. The van der Waals surface area contributed by atoms with Gasteiger partial charge in [0.15, 0.2) is 0 Å². The smallest absolute Gasteiger partial charge is 0.0756 e. The van der Waals surface area contributed by atoms with Crippen molar-refractivity contribution in [3.05, 3.63) is 24.3 Å². The van der Waals surface area contributed by atoms with E-state index in [1.54, 1.807) is 12.4 Å². The molecule has 3 nitrogen and oxygen atoms in total. The van der Waals surface area contributed by atoms with Crippen LogP contribution in [0.3, 0.4) is 0 Å². The molecule has 1 heterocycles. The summed E-state index contributed by atoms with van der Waals surface area (Å²) in [6.45, 7) is 3.14. The van der Waals surface area contributed by atoms with Gasteiger partial charge in [0.1, 0.15) is 0 Å². The summed E-state index contributed by atoms with van der Waals surface area (Å²) < 4.78 is 0. The Balaban J connectivity index is 1.88. The summed E-state index contributed by atoms with van der Waals surface area (Å²) in [7, 11) is 0. The van der Waals surface area contributed by atoms with Crippen molar-refractivity contribution in [3.8, 4) is 0 Å². The zero-order valence-electron chi connectivity index (χ0n) is 10.7. The van der Waals surface area contributed by atoms with Gasteiger partial charge in [-0.25, -0.2) is 0 Å². The zero-order valence-corrected chi connectivity index (χ0v) is 10.7. The van der Waals surface area contributed by atoms with Gasteiger partial charge < -0.3 is 5.32 Å². The molecule has 0 bridgehead atoms. The van der Waals surface area contributed by atoms with Crippen LogP contribution >= 0.6 is 0 Å². The number of nitrogens with zero attached hydrogens (tertiary/aromatic N) is 2. The van der Waals surface area contributed by atoms with Crippen LogP contribution < -0.4 is 5.32 Å². The monoisotopic (exact) mass is 233 g/mol. The molecule has 3 heteroatoms. The second kappa shape index (κ2) is 6.70. The van der Waals surface area contributed by atoms with E-state index in [-0.39, 0.29) is 0 Å². The maximum atomic E-state index is 4.42. The lowest BCUT2D eigenvalue weighted by molar-refractivity contribution is 0.411. The third kappa shape index (κ3) is 3.77. The average Bonchev–Trinajstić information content (AvgIpc) is 2.88. The molecule has 0 saturated heterocycles. The minimum atomic E-state index is 0.384. The van der Waals surface area contributed by atoms with E-state index in [1.165, 1.54) is 38.5 Å². The van der Waals surface area contributed by atoms with E-state index in [4.69, 9.17) is 0 Å². The van der Waals surface area contributed by atoms with Gasteiger partial charge in [0.05, 0.1) is 11.7 Å². The van der Waals surface area contributed by atoms with Crippen LogP contribution in [-0.4, -0.2) is 16.5 Å². The molecule has 1 saturated carbocycles. The fourth-order valence-corrected chi connectivity index (χ4v) is 2.79. The van der Waals surface area contributed by atoms with Crippen molar-refractivity contribution >= 4 is 0 Å². The largest absolute Gasteiger partial charge is 0.309 e. The molecule has 94 valence electrons. The van der Waals surface area contributed by atoms with Crippen LogP contribution in [0.25, 0.3) is 0 Å². The van der Waals surface area contributed by atoms with Crippen LogP contribution in [0, 0.1) is 5.92 Å². The second-order valence-corrected chi connectivity index (χ2v) is 4.97. The molecule has 1 atom stereocenters. The number of nitrogens with one attached hydrogen (secondary N) is 1.